The smallest absolute Gasteiger partial charge is 0.416 e. The van der Waals surface area contributed by atoms with Crippen molar-refractivity contribution in [3.05, 3.63) is 76.0 Å². The molecule has 2 aromatic carbocycles. The molecule has 42 heavy (non-hydrogen) atoms. The van der Waals surface area contributed by atoms with Crippen molar-refractivity contribution in [1.82, 2.24) is 9.21 Å². The number of benzene rings is 2. The molecule has 0 saturated carbocycles. The van der Waals surface area contributed by atoms with Crippen molar-refractivity contribution in [2.45, 2.75) is 43.0 Å². The number of carbonyl (C=O) groups excluding carboxylic acids is 1. The van der Waals surface area contributed by atoms with Crippen LogP contribution < -0.4 is 9.47 Å². The van der Waals surface area contributed by atoms with Crippen LogP contribution in [0, 0.1) is 0 Å². The zero-order valence-corrected chi connectivity index (χ0v) is 24.9. The van der Waals surface area contributed by atoms with E-state index < -0.39 is 45.2 Å². The number of carbonyl (C=O) groups is 1. The van der Waals surface area contributed by atoms with Crippen molar-refractivity contribution in [2.24, 2.45) is 0 Å². The highest BCUT2D eigenvalue weighted by molar-refractivity contribution is 7.89. The van der Waals surface area contributed by atoms with Crippen LogP contribution in [-0.4, -0.2) is 70.1 Å². The van der Waals surface area contributed by atoms with Crippen LogP contribution in [0.5, 0.6) is 11.5 Å². The third-order valence-corrected chi connectivity index (χ3v) is 9.61. The molecule has 1 amide bonds. The minimum Gasteiger partial charge on any atom is -0.493 e. The quantitative estimate of drug-likeness (QED) is 0.259. The number of nitrogens with zero attached hydrogens (tertiary/aromatic N) is 2. The first-order chi connectivity index (χ1) is 20.0. The Morgan fingerprint density at radius 1 is 1.07 bits per heavy atom. The molecule has 0 bridgehead atoms. The molecule has 8 nitrogen and oxygen atoms in total. The van der Waals surface area contributed by atoms with Crippen LogP contribution in [0.1, 0.15) is 28.8 Å². The van der Waals surface area contributed by atoms with Gasteiger partial charge in [0.05, 0.1) is 43.9 Å². The summed E-state index contributed by atoms with van der Waals surface area (Å²) < 4.78 is 84.8. The van der Waals surface area contributed by atoms with Gasteiger partial charge in [0.25, 0.3) is 0 Å². The molecule has 1 aromatic heterocycles. The number of hydrogen-bond acceptors (Lipinski definition) is 7. The molecule has 1 unspecified atom stereocenters. The Balaban J connectivity index is 1.59. The van der Waals surface area contributed by atoms with Crippen molar-refractivity contribution in [3.8, 4) is 11.5 Å². The van der Waals surface area contributed by atoms with Gasteiger partial charge in [-0.1, -0.05) is 18.2 Å². The summed E-state index contributed by atoms with van der Waals surface area (Å²) in [5, 5.41) is 1.88. The Kier molecular flexibility index (Phi) is 10.5. The molecule has 0 radical (unpaired) electrons. The van der Waals surface area contributed by atoms with Crippen molar-refractivity contribution < 1.29 is 40.6 Å². The van der Waals surface area contributed by atoms with Crippen LogP contribution in [0.2, 0.25) is 0 Å². The molecule has 0 aliphatic carbocycles. The first kappa shape index (κ1) is 31.8. The van der Waals surface area contributed by atoms with Crippen LogP contribution >= 0.6 is 11.3 Å². The number of alkyl halides is 3. The van der Waals surface area contributed by atoms with Gasteiger partial charge in [0.1, 0.15) is 0 Å². The number of ether oxygens (including phenoxy) is 3. The number of amides is 1. The highest BCUT2D eigenvalue weighted by Crippen LogP contribution is 2.32. The van der Waals surface area contributed by atoms with Crippen molar-refractivity contribution in [1.29, 1.82) is 0 Å². The summed E-state index contributed by atoms with van der Waals surface area (Å²) in [6, 6.07) is 12.8. The monoisotopic (exact) mass is 626 g/mol. The third kappa shape index (κ3) is 8.03. The lowest BCUT2D eigenvalue weighted by Gasteiger charge is -2.28. The van der Waals surface area contributed by atoms with Gasteiger partial charge in [-0.3, -0.25) is 4.79 Å². The van der Waals surface area contributed by atoms with Crippen molar-refractivity contribution in [3.63, 3.8) is 0 Å². The first-order valence-corrected chi connectivity index (χ1v) is 15.6. The fourth-order valence-corrected chi connectivity index (χ4v) is 6.87. The van der Waals surface area contributed by atoms with Gasteiger partial charge in [0, 0.05) is 24.6 Å². The number of halogens is 3. The van der Waals surface area contributed by atoms with Crippen LogP contribution in [0.3, 0.4) is 0 Å². The second kappa shape index (κ2) is 13.9. The van der Waals surface area contributed by atoms with E-state index in [2.05, 4.69) is 0 Å². The van der Waals surface area contributed by atoms with Crippen LogP contribution in [0.4, 0.5) is 13.2 Å². The molecule has 2 heterocycles. The van der Waals surface area contributed by atoms with Crippen molar-refractivity contribution >= 4 is 27.3 Å². The largest absolute Gasteiger partial charge is 0.493 e. The summed E-state index contributed by atoms with van der Waals surface area (Å²) in [7, 11) is -1.40. The second-order valence-corrected chi connectivity index (χ2v) is 12.8. The van der Waals surface area contributed by atoms with Gasteiger partial charge in [-0.15, -0.1) is 11.3 Å². The maximum absolute atomic E-state index is 13.8. The first-order valence-electron chi connectivity index (χ1n) is 13.3. The second-order valence-electron chi connectivity index (χ2n) is 9.79. The van der Waals surface area contributed by atoms with E-state index in [0.29, 0.717) is 37.0 Å². The lowest BCUT2D eigenvalue weighted by atomic mass is 10.1. The Labute approximate surface area is 247 Å². The van der Waals surface area contributed by atoms with Gasteiger partial charge in [0.15, 0.2) is 11.5 Å². The number of methoxy groups -OCH3 is 2. The molecule has 3 aromatic rings. The Hall–Kier alpha value is -3.13. The van der Waals surface area contributed by atoms with Gasteiger partial charge < -0.3 is 19.1 Å². The summed E-state index contributed by atoms with van der Waals surface area (Å²) in [6.45, 7) is 0.277. The van der Waals surface area contributed by atoms with E-state index in [1.165, 1.54) is 25.6 Å². The van der Waals surface area contributed by atoms with Crippen molar-refractivity contribution in [2.75, 3.05) is 40.5 Å². The zero-order chi connectivity index (χ0) is 30.3. The van der Waals surface area contributed by atoms with E-state index >= 15 is 0 Å². The molecular weight excluding hydrogens is 593 g/mol. The van der Waals surface area contributed by atoms with Gasteiger partial charge in [-0.05, 0) is 66.6 Å². The van der Waals surface area contributed by atoms with E-state index in [-0.39, 0.29) is 19.6 Å². The topological polar surface area (TPSA) is 85.4 Å². The molecule has 228 valence electrons. The Bertz CT molecular complexity index is 1440. The number of sulfonamides is 1. The SMILES string of the molecule is COc1ccc(CCN(Cc2cccs2)C(=O)CN(CC2CCCO2)S(=O)(=O)c2cccc(C(F)(F)F)c2)cc1OC. The predicted octanol–water partition coefficient (Wildman–Crippen LogP) is 5.23. The average Bonchev–Trinajstić information content (AvgIpc) is 3.69. The predicted molar refractivity (Wildman–Crippen MR) is 152 cm³/mol. The minimum atomic E-state index is -4.72. The maximum atomic E-state index is 13.8. The van der Waals surface area contributed by atoms with Gasteiger partial charge in [-0.2, -0.15) is 17.5 Å². The molecule has 1 fully saturated rings. The number of thiophene rings is 1. The number of hydrogen-bond donors (Lipinski definition) is 0. The van der Waals surface area contributed by atoms with E-state index in [1.807, 2.05) is 29.6 Å². The van der Waals surface area contributed by atoms with E-state index in [0.717, 1.165) is 39.4 Å². The molecule has 0 N–H and O–H groups in total. The summed E-state index contributed by atoms with van der Waals surface area (Å²) in [4.78, 5) is 15.7. The van der Waals surface area contributed by atoms with Gasteiger partial charge in [-0.25, -0.2) is 8.42 Å². The minimum absolute atomic E-state index is 0.146. The molecular formula is C29H33F3N2O6S2. The third-order valence-electron chi connectivity index (χ3n) is 6.94. The highest BCUT2D eigenvalue weighted by Gasteiger charge is 2.35. The van der Waals surface area contributed by atoms with Gasteiger partial charge >= 0.3 is 6.18 Å². The molecule has 0 spiro atoms. The van der Waals surface area contributed by atoms with Crippen LogP contribution in [0.25, 0.3) is 0 Å². The maximum Gasteiger partial charge on any atom is 0.416 e. The standard InChI is InChI=1S/C29H33F3N2O6S2/c1-38-26-11-10-21(16-27(26)39-2)12-13-33(19-24-8-5-15-41-24)28(35)20-34(18-23-7-4-14-40-23)42(36,37)25-9-3-6-22(17-25)29(30,31)32/h3,5-6,8-11,15-17,23H,4,7,12-14,18-20H2,1-2H3. The Morgan fingerprint density at radius 2 is 1.86 bits per heavy atom. The molecule has 13 heteroatoms. The summed E-state index contributed by atoms with van der Waals surface area (Å²) in [5.41, 5.74) is -0.203. The fraction of sp³-hybridized carbons (Fsp3) is 0.414. The normalized spacial score (nSPS) is 15.6. The number of rotatable bonds is 13. The molecule has 1 aliphatic heterocycles. The summed E-state index contributed by atoms with van der Waals surface area (Å²) >= 11 is 1.46. The van der Waals surface area contributed by atoms with Crippen LogP contribution in [0.15, 0.2) is 64.9 Å². The molecule has 1 atom stereocenters. The fourth-order valence-electron chi connectivity index (χ4n) is 4.68. The molecule has 4 rings (SSSR count). The highest BCUT2D eigenvalue weighted by atomic mass is 32.2. The lowest BCUT2D eigenvalue weighted by molar-refractivity contribution is -0.137. The molecule has 1 aliphatic rings. The summed E-state index contributed by atoms with van der Waals surface area (Å²) in [6.07, 6.45) is -3.42. The Morgan fingerprint density at radius 3 is 2.50 bits per heavy atom. The van der Waals surface area contributed by atoms with E-state index in [9.17, 15) is 26.4 Å². The van der Waals surface area contributed by atoms with Gasteiger partial charge in [0.2, 0.25) is 15.9 Å². The average molecular weight is 627 g/mol. The molecule has 1 saturated heterocycles. The summed E-state index contributed by atoms with van der Waals surface area (Å²) in [5.74, 6) is 0.635. The van der Waals surface area contributed by atoms with Crippen LogP contribution in [-0.2, 0) is 38.7 Å². The van der Waals surface area contributed by atoms with E-state index in [1.54, 1.807) is 11.0 Å². The van der Waals surface area contributed by atoms with E-state index in [4.69, 9.17) is 14.2 Å². The zero-order valence-electron chi connectivity index (χ0n) is 23.3. The lowest BCUT2D eigenvalue weighted by Crippen LogP contribution is -2.45.